The van der Waals surface area contributed by atoms with Gasteiger partial charge in [-0.25, -0.2) is 0 Å². The van der Waals surface area contributed by atoms with Crippen molar-refractivity contribution in [2.75, 3.05) is 11.9 Å². The summed E-state index contributed by atoms with van der Waals surface area (Å²) < 4.78 is 0. The minimum atomic E-state index is -1.31. The Hall–Kier alpha value is -3.15. The van der Waals surface area contributed by atoms with Crippen LogP contribution in [0.2, 0.25) is 0 Å². The van der Waals surface area contributed by atoms with Gasteiger partial charge in [-0.05, 0) is 24.6 Å². The van der Waals surface area contributed by atoms with Crippen LogP contribution >= 0.6 is 0 Å². The maximum absolute atomic E-state index is 13.3. The highest BCUT2D eigenvalue weighted by Gasteiger charge is 2.59. The zero-order chi connectivity index (χ0) is 19.2. The minimum Gasteiger partial charge on any atom is -0.348 e. The SMILES string of the molecule is Cc1ccc(CNC(=O)[C@@]23CCC(=O)N2c2ccccc2C(=O)N3C)cc1. The van der Waals surface area contributed by atoms with Crippen LogP contribution in [0.15, 0.2) is 48.5 Å². The van der Waals surface area contributed by atoms with E-state index in [1.54, 1.807) is 31.3 Å². The van der Waals surface area contributed by atoms with Gasteiger partial charge in [-0.15, -0.1) is 0 Å². The zero-order valence-corrected chi connectivity index (χ0v) is 15.4. The Morgan fingerprint density at radius 1 is 1.11 bits per heavy atom. The highest BCUT2D eigenvalue weighted by atomic mass is 16.2. The molecule has 0 saturated carbocycles. The van der Waals surface area contributed by atoms with Gasteiger partial charge in [0.25, 0.3) is 11.8 Å². The van der Waals surface area contributed by atoms with Crippen molar-refractivity contribution in [2.45, 2.75) is 32.0 Å². The number of aryl methyl sites for hydroxylation is 1. The molecule has 0 bridgehead atoms. The summed E-state index contributed by atoms with van der Waals surface area (Å²) in [5.41, 5.74) is 1.75. The summed E-state index contributed by atoms with van der Waals surface area (Å²) in [4.78, 5) is 41.7. The lowest BCUT2D eigenvalue weighted by molar-refractivity contribution is -0.133. The smallest absolute Gasteiger partial charge is 0.267 e. The topological polar surface area (TPSA) is 69.7 Å². The Bertz CT molecular complexity index is 938. The van der Waals surface area contributed by atoms with E-state index in [2.05, 4.69) is 5.32 Å². The van der Waals surface area contributed by atoms with E-state index in [-0.39, 0.29) is 30.6 Å². The molecule has 1 fully saturated rings. The first-order chi connectivity index (χ1) is 12.9. The zero-order valence-electron chi connectivity index (χ0n) is 15.4. The maximum Gasteiger partial charge on any atom is 0.267 e. The maximum atomic E-state index is 13.3. The molecule has 138 valence electrons. The standard InChI is InChI=1S/C21H21N3O3/c1-14-7-9-15(10-8-14)13-22-20(27)21-12-11-18(25)24(21)17-6-4-3-5-16(17)19(26)23(21)2/h3-10H,11-13H2,1-2H3,(H,22,27)/t21-/m1/s1. The summed E-state index contributed by atoms with van der Waals surface area (Å²) in [5.74, 6) is -0.728. The third kappa shape index (κ3) is 2.51. The quantitative estimate of drug-likeness (QED) is 0.909. The molecule has 0 aliphatic carbocycles. The first-order valence-corrected chi connectivity index (χ1v) is 8.99. The van der Waals surface area contributed by atoms with Crippen molar-refractivity contribution in [3.05, 3.63) is 65.2 Å². The Labute approximate surface area is 157 Å². The van der Waals surface area contributed by atoms with Crippen molar-refractivity contribution in [1.82, 2.24) is 10.2 Å². The van der Waals surface area contributed by atoms with Crippen molar-refractivity contribution in [3.8, 4) is 0 Å². The number of rotatable bonds is 3. The third-order valence-corrected chi connectivity index (χ3v) is 5.48. The number of nitrogens with zero attached hydrogens (tertiary/aromatic N) is 2. The van der Waals surface area contributed by atoms with Crippen LogP contribution in [0.25, 0.3) is 0 Å². The molecule has 0 spiro atoms. The Morgan fingerprint density at radius 2 is 1.81 bits per heavy atom. The molecule has 2 aromatic rings. The van der Waals surface area contributed by atoms with E-state index in [4.69, 9.17) is 0 Å². The predicted molar refractivity (Wildman–Crippen MR) is 101 cm³/mol. The number of likely N-dealkylation sites (N-methyl/N-ethyl adjacent to an activating group) is 1. The lowest BCUT2D eigenvalue weighted by atomic mass is 9.96. The van der Waals surface area contributed by atoms with Gasteiger partial charge >= 0.3 is 0 Å². The molecule has 1 N–H and O–H groups in total. The second kappa shape index (κ2) is 6.23. The van der Waals surface area contributed by atoms with E-state index in [1.807, 2.05) is 31.2 Å². The van der Waals surface area contributed by atoms with Crippen molar-refractivity contribution in [1.29, 1.82) is 0 Å². The molecule has 1 atom stereocenters. The van der Waals surface area contributed by atoms with E-state index >= 15 is 0 Å². The van der Waals surface area contributed by atoms with E-state index in [0.717, 1.165) is 11.1 Å². The molecule has 6 nitrogen and oxygen atoms in total. The number of para-hydroxylation sites is 1. The Morgan fingerprint density at radius 3 is 2.56 bits per heavy atom. The average molecular weight is 363 g/mol. The van der Waals surface area contributed by atoms with Crippen LogP contribution in [0.4, 0.5) is 5.69 Å². The second-order valence-corrected chi connectivity index (χ2v) is 7.10. The van der Waals surface area contributed by atoms with Gasteiger partial charge in [0.05, 0.1) is 11.3 Å². The number of benzene rings is 2. The molecule has 1 saturated heterocycles. The summed E-state index contributed by atoms with van der Waals surface area (Å²) in [6, 6.07) is 14.8. The molecule has 6 heteroatoms. The van der Waals surface area contributed by atoms with Crippen LogP contribution in [0, 0.1) is 6.92 Å². The van der Waals surface area contributed by atoms with Crippen molar-refractivity contribution in [2.24, 2.45) is 0 Å². The number of carbonyl (C=O) groups is 3. The summed E-state index contributed by atoms with van der Waals surface area (Å²) in [6.07, 6.45) is 0.506. The van der Waals surface area contributed by atoms with Gasteiger partial charge in [-0.1, -0.05) is 42.0 Å². The molecule has 0 aromatic heterocycles. The van der Waals surface area contributed by atoms with E-state index < -0.39 is 5.66 Å². The van der Waals surface area contributed by atoms with Crippen molar-refractivity contribution in [3.63, 3.8) is 0 Å². The molecule has 2 aromatic carbocycles. The normalized spacial score (nSPS) is 21.1. The van der Waals surface area contributed by atoms with E-state index in [0.29, 0.717) is 17.8 Å². The fraction of sp³-hybridized carbons (Fsp3) is 0.286. The third-order valence-electron chi connectivity index (χ3n) is 5.48. The number of anilines is 1. The van der Waals surface area contributed by atoms with E-state index in [9.17, 15) is 14.4 Å². The average Bonchev–Trinajstić information content (AvgIpc) is 3.04. The van der Waals surface area contributed by atoms with Crippen LogP contribution < -0.4 is 10.2 Å². The lowest BCUT2D eigenvalue weighted by Gasteiger charge is -2.47. The van der Waals surface area contributed by atoms with Crippen LogP contribution in [-0.4, -0.2) is 35.3 Å². The number of carbonyl (C=O) groups excluding carboxylic acids is 3. The van der Waals surface area contributed by atoms with Gasteiger partial charge in [0, 0.05) is 26.4 Å². The fourth-order valence-corrected chi connectivity index (χ4v) is 3.96. The van der Waals surface area contributed by atoms with Crippen LogP contribution in [0.5, 0.6) is 0 Å². The first kappa shape index (κ1) is 17.3. The summed E-state index contributed by atoms with van der Waals surface area (Å²) in [7, 11) is 1.59. The molecule has 2 aliphatic rings. The summed E-state index contributed by atoms with van der Waals surface area (Å²) in [5, 5.41) is 2.93. The molecule has 2 aliphatic heterocycles. The number of amides is 3. The molecule has 27 heavy (non-hydrogen) atoms. The van der Waals surface area contributed by atoms with Gasteiger partial charge in [0.15, 0.2) is 0 Å². The molecule has 4 rings (SSSR count). The number of nitrogens with one attached hydrogen (secondary N) is 1. The van der Waals surface area contributed by atoms with Gasteiger partial charge < -0.3 is 10.2 Å². The van der Waals surface area contributed by atoms with Crippen LogP contribution in [0.1, 0.15) is 34.3 Å². The molecule has 3 amide bonds. The van der Waals surface area contributed by atoms with Gasteiger partial charge in [0.1, 0.15) is 0 Å². The van der Waals surface area contributed by atoms with Crippen LogP contribution in [-0.2, 0) is 16.1 Å². The van der Waals surface area contributed by atoms with Gasteiger partial charge in [-0.3, -0.25) is 19.3 Å². The summed E-state index contributed by atoms with van der Waals surface area (Å²) >= 11 is 0. The Kier molecular flexibility index (Phi) is 3.98. The van der Waals surface area contributed by atoms with Gasteiger partial charge in [0.2, 0.25) is 11.6 Å². The monoisotopic (exact) mass is 363 g/mol. The van der Waals surface area contributed by atoms with Crippen molar-refractivity contribution >= 4 is 23.4 Å². The first-order valence-electron chi connectivity index (χ1n) is 8.99. The lowest BCUT2D eigenvalue weighted by Crippen LogP contribution is -2.69. The van der Waals surface area contributed by atoms with E-state index in [1.165, 1.54) is 9.80 Å². The molecular formula is C21H21N3O3. The molecule has 2 heterocycles. The fourth-order valence-electron chi connectivity index (χ4n) is 3.96. The molecular weight excluding hydrogens is 342 g/mol. The highest BCUT2D eigenvalue weighted by molar-refractivity contribution is 6.16. The highest BCUT2D eigenvalue weighted by Crippen LogP contribution is 2.43. The minimum absolute atomic E-state index is 0.146. The molecule has 0 unspecified atom stereocenters. The van der Waals surface area contributed by atoms with Gasteiger partial charge in [-0.2, -0.15) is 0 Å². The number of hydrogen-bond acceptors (Lipinski definition) is 3. The predicted octanol–water partition coefficient (Wildman–Crippen LogP) is 2.22. The summed E-state index contributed by atoms with van der Waals surface area (Å²) in [6.45, 7) is 2.34. The second-order valence-electron chi connectivity index (χ2n) is 7.10. The Balaban J connectivity index is 1.69. The molecule has 0 radical (unpaired) electrons. The van der Waals surface area contributed by atoms with Crippen molar-refractivity contribution < 1.29 is 14.4 Å². The largest absolute Gasteiger partial charge is 0.348 e. The van der Waals surface area contributed by atoms with Crippen LogP contribution in [0.3, 0.4) is 0 Å². The number of hydrogen-bond donors (Lipinski definition) is 1. The number of fused-ring (bicyclic) bond motifs is 3.